The van der Waals surface area contributed by atoms with Gasteiger partial charge in [0.05, 0.1) is 0 Å². The Labute approximate surface area is 106 Å². The molecule has 0 heterocycles. The summed E-state index contributed by atoms with van der Waals surface area (Å²) in [6, 6.07) is 1.47. The Morgan fingerprint density at radius 2 is 1.88 bits per heavy atom. The number of halogens is 3. The first-order valence-corrected chi connectivity index (χ1v) is 6.59. The van der Waals surface area contributed by atoms with Gasteiger partial charge in [-0.15, -0.1) is 0 Å². The molecule has 17 heavy (non-hydrogen) atoms. The number of hydrogen-bond acceptors (Lipinski definition) is 3. The van der Waals surface area contributed by atoms with Gasteiger partial charge in [0.25, 0.3) is 0 Å². The zero-order valence-corrected chi connectivity index (χ0v) is 10.9. The van der Waals surface area contributed by atoms with Crippen LogP contribution in [0.1, 0.15) is 0 Å². The summed E-state index contributed by atoms with van der Waals surface area (Å²) in [6.45, 7) is 3.22. The Bertz CT molecular complexity index is 537. The van der Waals surface area contributed by atoms with E-state index in [2.05, 4.69) is 22.5 Å². The average Bonchev–Trinajstić information content (AvgIpc) is 2.12. The molecule has 0 atom stereocenters. The lowest BCUT2D eigenvalue weighted by atomic mass is 10.3. The van der Waals surface area contributed by atoms with Gasteiger partial charge in [-0.25, -0.2) is 21.9 Å². The molecule has 0 aliphatic heterocycles. The molecule has 3 N–H and O–H groups in total. The van der Waals surface area contributed by atoms with Crippen molar-refractivity contribution in [3.8, 4) is 0 Å². The molecule has 0 aromatic heterocycles. The molecule has 1 rings (SSSR count). The van der Waals surface area contributed by atoms with E-state index >= 15 is 0 Å². The number of nitrogen functional groups attached to an aromatic ring is 1. The first-order chi connectivity index (χ1) is 7.74. The van der Waals surface area contributed by atoms with E-state index in [9.17, 15) is 17.2 Å². The van der Waals surface area contributed by atoms with Crippen molar-refractivity contribution >= 4 is 31.6 Å². The average molecular weight is 327 g/mol. The fourth-order valence-corrected chi connectivity index (χ4v) is 2.55. The maximum Gasteiger partial charge on any atom is 0.246 e. The zero-order valence-electron chi connectivity index (χ0n) is 8.50. The van der Waals surface area contributed by atoms with Gasteiger partial charge in [0.1, 0.15) is 11.6 Å². The monoisotopic (exact) mass is 326 g/mol. The molecule has 0 unspecified atom stereocenters. The third kappa shape index (κ3) is 3.48. The molecule has 1 aromatic rings. The first-order valence-electron chi connectivity index (χ1n) is 4.31. The largest absolute Gasteiger partial charge is 0.399 e. The van der Waals surface area contributed by atoms with Crippen LogP contribution in [0.15, 0.2) is 28.1 Å². The molecule has 0 saturated heterocycles. The highest BCUT2D eigenvalue weighted by atomic mass is 79.9. The predicted octanol–water partition coefficient (Wildman–Crippen LogP) is 1.73. The van der Waals surface area contributed by atoms with Gasteiger partial charge in [0.15, 0.2) is 4.90 Å². The summed E-state index contributed by atoms with van der Waals surface area (Å²) in [7, 11) is -4.28. The van der Waals surface area contributed by atoms with E-state index in [1.165, 1.54) is 0 Å². The molecule has 94 valence electrons. The molecule has 1 aromatic carbocycles. The van der Waals surface area contributed by atoms with Crippen molar-refractivity contribution in [2.24, 2.45) is 0 Å². The highest BCUT2D eigenvalue weighted by molar-refractivity contribution is 9.11. The second-order valence-corrected chi connectivity index (χ2v) is 5.98. The predicted molar refractivity (Wildman–Crippen MR) is 64.0 cm³/mol. The Morgan fingerprint density at radius 3 is 2.29 bits per heavy atom. The summed E-state index contributed by atoms with van der Waals surface area (Å²) in [5.74, 6) is -2.48. The number of nitrogens with two attached hydrogens (primary N) is 1. The number of rotatable bonds is 4. The van der Waals surface area contributed by atoms with Crippen LogP contribution in [0.5, 0.6) is 0 Å². The number of sulfonamides is 1. The highest BCUT2D eigenvalue weighted by Crippen LogP contribution is 2.21. The summed E-state index contributed by atoms with van der Waals surface area (Å²) >= 11 is 2.92. The minimum Gasteiger partial charge on any atom is -0.399 e. The Kier molecular flexibility index (Phi) is 4.23. The van der Waals surface area contributed by atoms with Crippen LogP contribution in [0.4, 0.5) is 14.5 Å². The third-order valence-corrected chi connectivity index (χ3v) is 3.48. The smallest absolute Gasteiger partial charge is 0.246 e. The first kappa shape index (κ1) is 14.1. The van der Waals surface area contributed by atoms with Crippen molar-refractivity contribution in [1.29, 1.82) is 0 Å². The van der Waals surface area contributed by atoms with Crippen LogP contribution in [0.25, 0.3) is 0 Å². The van der Waals surface area contributed by atoms with Gasteiger partial charge in [0.2, 0.25) is 10.0 Å². The third-order valence-electron chi connectivity index (χ3n) is 1.74. The molecule has 0 fully saturated rings. The standard InChI is InChI=1S/C9H9BrF2N2O2S/c1-5(10)4-14-17(15,16)9-7(11)2-6(13)3-8(9)12/h2-3,14H,1,4,13H2. The van der Waals surface area contributed by atoms with Gasteiger partial charge in [0, 0.05) is 16.7 Å². The van der Waals surface area contributed by atoms with Crippen LogP contribution in [-0.4, -0.2) is 15.0 Å². The molecular weight excluding hydrogens is 318 g/mol. The Morgan fingerprint density at radius 1 is 1.41 bits per heavy atom. The lowest BCUT2D eigenvalue weighted by Crippen LogP contribution is -2.26. The van der Waals surface area contributed by atoms with Gasteiger partial charge in [-0.3, -0.25) is 0 Å². The number of anilines is 1. The van der Waals surface area contributed by atoms with E-state index < -0.39 is 26.6 Å². The molecule has 4 nitrogen and oxygen atoms in total. The quantitative estimate of drug-likeness (QED) is 0.828. The Balaban J connectivity index is 3.20. The van der Waals surface area contributed by atoms with Crippen LogP contribution in [-0.2, 0) is 10.0 Å². The van der Waals surface area contributed by atoms with Gasteiger partial charge >= 0.3 is 0 Å². The molecule has 0 radical (unpaired) electrons. The maximum absolute atomic E-state index is 13.4. The summed E-state index contributed by atoms with van der Waals surface area (Å²) in [5.41, 5.74) is 4.99. The van der Waals surface area contributed by atoms with Crippen LogP contribution in [0.2, 0.25) is 0 Å². The van der Waals surface area contributed by atoms with Gasteiger partial charge in [-0.05, 0) is 12.1 Å². The van der Waals surface area contributed by atoms with Gasteiger partial charge in [-0.2, -0.15) is 0 Å². The number of nitrogens with one attached hydrogen (secondary N) is 1. The van der Waals surface area contributed by atoms with Crippen molar-refractivity contribution in [3.63, 3.8) is 0 Å². The fourth-order valence-electron chi connectivity index (χ4n) is 1.08. The summed E-state index contributed by atoms with van der Waals surface area (Å²) in [4.78, 5) is -1.06. The maximum atomic E-state index is 13.4. The van der Waals surface area contributed by atoms with E-state index in [1.807, 2.05) is 4.72 Å². The van der Waals surface area contributed by atoms with Gasteiger partial charge < -0.3 is 5.73 Å². The lowest BCUT2D eigenvalue weighted by molar-refractivity contribution is 0.516. The molecular formula is C9H9BrF2N2O2S. The molecule has 0 aliphatic rings. The SMILES string of the molecule is C=C(Br)CNS(=O)(=O)c1c(F)cc(N)cc1F. The summed E-state index contributed by atoms with van der Waals surface area (Å²) in [6.07, 6.45) is 0. The second-order valence-electron chi connectivity index (χ2n) is 3.16. The van der Waals surface area contributed by atoms with Crippen LogP contribution in [0, 0.1) is 11.6 Å². The van der Waals surface area contributed by atoms with E-state index in [-0.39, 0.29) is 12.2 Å². The van der Waals surface area contributed by atoms with E-state index in [0.29, 0.717) is 4.48 Å². The molecule has 0 amide bonds. The lowest BCUT2D eigenvalue weighted by Gasteiger charge is -2.08. The number of hydrogen-bond donors (Lipinski definition) is 2. The van der Waals surface area contributed by atoms with Crippen molar-refractivity contribution in [3.05, 3.63) is 34.8 Å². The van der Waals surface area contributed by atoms with Crippen molar-refractivity contribution in [2.45, 2.75) is 4.90 Å². The zero-order chi connectivity index (χ0) is 13.2. The van der Waals surface area contributed by atoms with Gasteiger partial charge in [-0.1, -0.05) is 22.5 Å². The molecule has 0 saturated carbocycles. The molecule has 0 aliphatic carbocycles. The fraction of sp³-hybridized carbons (Fsp3) is 0.111. The van der Waals surface area contributed by atoms with Crippen molar-refractivity contribution in [2.75, 3.05) is 12.3 Å². The van der Waals surface area contributed by atoms with Crippen molar-refractivity contribution in [1.82, 2.24) is 4.72 Å². The van der Waals surface area contributed by atoms with Crippen molar-refractivity contribution < 1.29 is 17.2 Å². The van der Waals surface area contributed by atoms with Crippen LogP contribution in [0.3, 0.4) is 0 Å². The topological polar surface area (TPSA) is 72.2 Å². The van der Waals surface area contributed by atoms with E-state index in [0.717, 1.165) is 12.1 Å². The normalized spacial score (nSPS) is 11.5. The minimum absolute atomic E-state index is 0.175. The molecule has 0 bridgehead atoms. The molecule has 0 spiro atoms. The minimum atomic E-state index is -4.28. The van der Waals surface area contributed by atoms with E-state index in [4.69, 9.17) is 5.73 Å². The summed E-state index contributed by atoms with van der Waals surface area (Å²) < 4.78 is 52.2. The van der Waals surface area contributed by atoms with Crippen LogP contribution < -0.4 is 10.5 Å². The number of benzene rings is 1. The second kappa shape index (κ2) is 5.11. The molecule has 8 heteroatoms. The Hall–Kier alpha value is -0.990. The summed E-state index contributed by atoms with van der Waals surface area (Å²) in [5, 5.41) is 0. The van der Waals surface area contributed by atoms with Crippen LogP contribution >= 0.6 is 15.9 Å². The van der Waals surface area contributed by atoms with E-state index in [1.54, 1.807) is 0 Å². The highest BCUT2D eigenvalue weighted by Gasteiger charge is 2.24.